The Morgan fingerprint density at radius 1 is 0.588 bits per heavy atom. The van der Waals surface area contributed by atoms with Crippen LogP contribution >= 0.6 is 12.6 Å². The van der Waals surface area contributed by atoms with Crippen LogP contribution in [0.4, 0.5) is 9.59 Å². The number of nitrogens with one attached hydrogen (secondary N) is 3. The van der Waals surface area contributed by atoms with Crippen molar-refractivity contribution < 1.29 is 14.4 Å². The number of carbonyl (C=O) groups excluding carboxylic acids is 3. The summed E-state index contributed by atoms with van der Waals surface area (Å²) in [5.41, 5.74) is 1.31. The molecule has 3 saturated carbocycles. The molecule has 1 heterocycles. The van der Waals surface area contributed by atoms with Crippen LogP contribution in [0.15, 0.2) is 14.4 Å². The van der Waals surface area contributed by atoms with Crippen molar-refractivity contribution in [3.05, 3.63) is 31.5 Å². The summed E-state index contributed by atoms with van der Waals surface area (Å²) in [7, 11) is 0. The molecule has 51 heavy (non-hydrogen) atoms. The van der Waals surface area contributed by atoms with Gasteiger partial charge in [-0.15, -0.1) is 0 Å². The zero-order valence-corrected chi connectivity index (χ0v) is 33.4. The number of hydrogen-bond acceptors (Lipinski definition) is 6. The summed E-state index contributed by atoms with van der Waals surface area (Å²) in [5.74, 6) is -0.548. The van der Waals surface area contributed by atoms with Gasteiger partial charge in [0.2, 0.25) is 5.91 Å². The normalized spacial score (nSPS) is 32.8. The number of primary amides is 1. The minimum atomic E-state index is -0.649. The quantitative estimate of drug-likeness (QED) is 0.235. The molecule has 4 rings (SSSR count). The summed E-state index contributed by atoms with van der Waals surface area (Å²) in [6.45, 7) is 20.4. The molecule has 288 valence electrons. The Morgan fingerprint density at radius 2 is 0.882 bits per heavy atom. The molecule has 6 unspecified atom stereocenters. The molecular weight excluding hydrogens is 671 g/mol. The lowest BCUT2D eigenvalue weighted by Gasteiger charge is -2.47. The molecule has 0 spiro atoms. The molecule has 0 radical (unpaired) electrons. The van der Waals surface area contributed by atoms with Gasteiger partial charge in [-0.3, -0.25) is 9.59 Å². The zero-order valence-electron chi connectivity index (χ0n) is 32.5. The number of thiol groups is 1. The third-order valence-electron chi connectivity index (χ3n) is 11.4. The molecule has 1 aromatic heterocycles. The van der Waals surface area contributed by atoms with Crippen molar-refractivity contribution in [3.8, 4) is 0 Å². The van der Waals surface area contributed by atoms with Crippen LogP contribution < -0.4 is 38.8 Å². The maximum absolute atomic E-state index is 14.4. The van der Waals surface area contributed by atoms with Crippen molar-refractivity contribution in [1.29, 1.82) is 0 Å². The van der Waals surface area contributed by atoms with Crippen LogP contribution in [0.1, 0.15) is 127 Å². The van der Waals surface area contributed by atoms with E-state index in [1.165, 1.54) is 20.6 Å². The predicted molar refractivity (Wildman–Crippen MR) is 202 cm³/mol. The molecule has 4 amide bonds. The molecule has 3 aliphatic rings. The van der Waals surface area contributed by atoms with Gasteiger partial charge in [0, 0.05) is 43.2 Å². The van der Waals surface area contributed by atoms with Crippen molar-refractivity contribution in [1.82, 2.24) is 29.7 Å². The van der Waals surface area contributed by atoms with E-state index in [9.17, 15) is 28.8 Å². The molecule has 0 aromatic carbocycles. The molecule has 6 atom stereocenters. The second kappa shape index (κ2) is 14.1. The van der Waals surface area contributed by atoms with Crippen LogP contribution in [-0.2, 0) is 24.4 Å². The van der Waals surface area contributed by atoms with Gasteiger partial charge < -0.3 is 21.7 Å². The summed E-state index contributed by atoms with van der Waals surface area (Å²) in [6.07, 6.45) is 5.93. The Hall–Kier alpha value is -3.03. The van der Waals surface area contributed by atoms with Crippen LogP contribution in [0, 0.1) is 34.0 Å². The lowest BCUT2D eigenvalue weighted by atomic mass is 9.64. The van der Waals surface area contributed by atoms with Crippen LogP contribution in [0.25, 0.3) is 0 Å². The van der Waals surface area contributed by atoms with E-state index >= 15 is 0 Å². The van der Waals surface area contributed by atoms with Crippen LogP contribution in [0.2, 0.25) is 0 Å². The molecule has 3 aliphatic carbocycles. The summed E-state index contributed by atoms with van der Waals surface area (Å²) >= 11 is 3.98. The highest BCUT2D eigenvalue weighted by molar-refractivity contribution is 7.96. The Morgan fingerprint density at radius 3 is 1.16 bits per heavy atom. The molecule has 0 saturated heterocycles. The number of urea groups is 1. The summed E-state index contributed by atoms with van der Waals surface area (Å²) < 4.78 is 3.69. The standard InChI is InChI=1S/C37H63N7O6S/c1-23(45)39-35(8)14-24(11-32(2,3)20-35)17-42-29(48)43(18-25-12-33(4,5)21-36(9,15-25)40-27(38)46)31(50)44(30(42)49)19-26-13-34(6,7)22-37(10,16-26)41-28(47)51/h24-26H,11-22H2,1-10H3,(H,39,45)(H3,38,40,46)(H2,41,47,51). The number of nitrogens with two attached hydrogens (primary N) is 1. The fourth-order valence-electron chi connectivity index (χ4n) is 11.7. The van der Waals surface area contributed by atoms with Gasteiger partial charge in [0.15, 0.2) is 0 Å². The third kappa shape index (κ3) is 10.3. The zero-order chi connectivity index (χ0) is 38.5. The van der Waals surface area contributed by atoms with E-state index in [0.717, 1.165) is 19.3 Å². The summed E-state index contributed by atoms with van der Waals surface area (Å²) in [5, 5.41) is 8.58. The van der Waals surface area contributed by atoms with E-state index in [-0.39, 0.29) is 59.5 Å². The number of hydrogen-bond donors (Lipinski definition) is 5. The van der Waals surface area contributed by atoms with Gasteiger partial charge in [0.05, 0.1) is 0 Å². The van der Waals surface area contributed by atoms with Crippen LogP contribution in [0.5, 0.6) is 0 Å². The van der Waals surface area contributed by atoms with Crippen molar-refractivity contribution in [2.45, 2.75) is 163 Å². The first-order valence-electron chi connectivity index (χ1n) is 18.4. The Kier molecular flexibility index (Phi) is 11.2. The Balaban J connectivity index is 1.81. The first-order valence-corrected chi connectivity index (χ1v) is 18.9. The number of aromatic nitrogens is 3. The highest BCUT2D eigenvalue weighted by Gasteiger charge is 2.45. The fourth-order valence-corrected chi connectivity index (χ4v) is 11.9. The molecule has 3 fully saturated rings. The number of amides is 4. The van der Waals surface area contributed by atoms with E-state index in [0.29, 0.717) is 38.5 Å². The Bertz CT molecular complexity index is 1490. The van der Waals surface area contributed by atoms with Crippen LogP contribution in [-0.4, -0.2) is 47.5 Å². The first-order chi connectivity index (χ1) is 23.1. The Labute approximate surface area is 307 Å². The smallest absolute Gasteiger partial charge is 0.336 e. The van der Waals surface area contributed by atoms with Gasteiger partial charge in [-0.25, -0.2) is 32.9 Å². The highest BCUT2D eigenvalue weighted by atomic mass is 32.1. The number of rotatable bonds is 9. The van der Waals surface area contributed by atoms with E-state index in [1.807, 2.05) is 20.8 Å². The topological polar surface area (TPSA) is 179 Å². The molecule has 14 heteroatoms. The average Bonchev–Trinajstić information content (AvgIpc) is 2.86. The minimum absolute atomic E-state index is 0.0841. The van der Waals surface area contributed by atoms with E-state index < -0.39 is 45.0 Å². The average molecular weight is 734 g/mol. The summed E-state index contributed by atoms with van der Waals surface area (Å²) in [6, 6.07) is -0.625. The molecule has 5 N–H and O–H groups in total. The largest absolute Gasteiger partial charge is 0.352 e. The van der Waals surface area contributed by atoms with Gasteiger partial charge in [-0.1, -0.05) is 54.2 Å². The van der Waals surface area contributed by atoms with Gasteiger partial charge in [0.1, 0.15) is 0 Å². The van der Waals surface area contributed by atoms with Gasteiger partial charge in [0.25, 0.3) is 5.24 Å². The molecular formula is C37H63N7O6S. The highest BCUT2D eigenvalue weighted by Crippen LogP contribution is 2.46. The maximum atomic E-state index is 14.4. The lowest BCUT2D eigenvalue weighted by molar-refractivity contribution is -0.121. The third-order valence-corrected chi connectivity index (χ3v) is 11.5. The maximum Gasteiger partial charge on any atom is 0.336 e. The number of nitrogens with zero attached hydrogens (tertiary/aromatic N) is 3. The molecule has 0 bridgehead atoms. The minimum Gasteiger partial charge on any atom is -0.352 e. The lowest BCUT2D eigenvalue weighted by Crippen LogP contribution is -2.59. The van der Waals surface area contributed by atoms with Crippen molar-refractivity contribution in [2.24, 2.45) is 39.7 Å². The first kappa shape index (κ1) is 40.7. The molecule has 13 nitrogen and oxygen atoms in total. The number of carbonyl (C=O) groups is 3. The van der Waals surface area contributed by atoms with E-state index in [2.05, 4.69) is 70.1 Å². The second-order valence-corrected chi connectivity index (χ2v) is 20.2. The van der Waals surface area contributed by atoms with Crippen LogP contribution in [0.3, 0.4) is 0 Å². The van der Waals surface area contributed by atoms with Crippen molar-refractivity contribution in [2.75, 3.05) is 0 Å². The van der Waals surface area contributed by atoms with E-state index in [1.54, 1.807) is 0 Å². The molecule has 1 aromatic rings. The van der Waals surface area contributed by atoms with Crippen molar-refractivity contribution >= 4 is 29.8 Å². The van der Waals surface area contributed by atoms with Gasteiger partial charge in [-0.05, 0) is 113 Å². The van der Waals surface area contributed by atoms with Gasteiger partial charge in [-0.2, -0.15) is 0 Å². The van der Waals surface area contributed by atoms with Gasteiger partial charge >= 0.3 is 23.1 Å². The second-order valence-electron chi connectivity index (χ2n) is 19.8. The molecule has 0 aliphatic heterocycles. The monoisotopic (exact) mass is 733 g/mol. The van der Waals surface area contributed by atoms with E-state index in [4.69, 9.17) is 5.73 Å². The SMILES string of the molecule is CC(=O)NC1(C)CC(Cn2c(=O)n(CC3CC(C)(C)CC(C)(NC(N)=O)C3)c(=O)n(CC3CC(C)(C)CC(C)(NC(=O)S)C3)c2=O)CC(C)(C)C1. The predicted octanol–water partition coefficient (Wildman–Crippen LogP) is 4.37. The fraction of sp³-hybridized carbons (Fsp3) is 0.838. The summed E-state index contributed by atoms with van der Waals surface area (Å²) in [4.78, 5) is 79.5. The van der Waals surface area contributed by atoms with Crippen molar-refractivity contribution in [3.63, 3.8) is 0 Å².